The van der Waals surface area contributed by atoms with Gasteiger partial charge in [-0.25, -0.2) is 0 Å². The van der Waals surface area contributed by atoms with E-state index in [2.05, 4.69) is 86.4 Å². The van der Waals surface area contributed by atoms with Crippen molar-refractivity contribution in [3.05, 3.63) is 59.7 Å². The zero-order valence-electron chi connectivity index (χ0n) is 38.2. The molecular formula is C54H82N2O4. The van der Waals surface area contributed by atoms with Gasteiger partial charge in [-0.05, 0) is 221 Å². The number of hydrogen-bond donors (Lipinski definition) is 2. The van der Waals surface area contributed by atoms with Crippen molar-refractivity contribution < 1.29 is 19.3 Å². The number of piperidine rings is 2. The number of aliphatic hydroxyl groups excluding tert-OH is 1. The summed E-state index contributed by atoms with van der Waals surface area (Å²) in [5.41, 5.74) is 5.30. The number of rotatable bonds is 12. The standard InChI is InChI=1S/C27H41NO2.C21H28O2.C6H13N/c1-3-26-13-21-12-22(14-26)16-27(15-21,19-26)23-4-6-25(7-5-23)30-18-24(29)17-28-10-8-20(2)9-11-28;1-2-20-8-15-7-16(9-20)11-21(10-15,14-20)17-3-5-18(6-4-17)22-12-19-13-23-19;1-6-2-4-7-5-3-6/h4-7,20-22,24,29H,3,8-19H2,1-2H3;3-6,15-16,19H,2,7-14H2,1H3;6-7H,2-5H2,1H3/t21?,22?,24-,26?,27?;15?,16?,19-,20?,21?;/m01./s1. The topological polar surface area (TPSA) is 66.5 Å². The zero-order valence-corrected chi connectivity index (χ0v) is 38.2. The zero-order chi connectivity index (χ0) is 41.4. The van der Waals surface area contributed by atoms with Gasteiger partial charge in [0.15, 0.2) is 0 Å². The quantitative estimate of drug-likeness (QED) is 0.208. The second kappa shape index (κ2) is 18.2. The fourth-order valence-corrected chi connectivity index (χ4v) is 15.3. The van der Waals surface area contributed by atoms with E-state index in [1.807, 2.05) is 0 Å². The molecule has 2 aromatic carbocycles. The number of aliphatic hydroxyl groups is 1. The van der Waals surface area contributed by atoms with Gasteiger partial charge in [0, 0.05) is 6.54 Å². The van der Waals surface area contributed by atoms with Gasteiger partial charge in [0.1, 0.15) is 36.9 Å². The minimum absolute atomic E-state index is 0.335. The molecule has 2 N–H and O–H groups in total. The van der Waals surface area contributed by atoms with Crippen molar-refractivity contribution >= 4 is 0 Å². The van der Waals surface area contributed by atoms with Crippen LogP contribution in [0.1, 0.15) is 154 Å². The first-order chi connectivity index (χ1) is 29.1. The van der Waals surface area contributed by atoms with Crippen molar-refractivity contribution in [1.82, 2.24) is 10.2 Å². The van der Waals surface area contributed by atoms with E-state index in [4.69, 9.17) is 14.2 Å². The van der Waals surface area contributed by atoms with E-state index in [1.54, 1.807) is 11.1 Å². The fourth-order valence-electron chi connectivity index (χ4n) is 15.3. The average Bonchev–Trinajstić information content (AvgIpc) is 4.08. The Morgan fingerprint density at radius 3 is 1.53 bits per heavy atom. The minimum atomic E-state index is -0.411. The van der Waals surface area contributed by atoms with Gasteiger partial charge in [-0.3, -0.25) is 0 Å². The SMILES string of the molecule is CC1CCNCC1.CCC12CC3CC(C1)CC(c1ccc(OC[C@@H](O)CN4CCC(C)CC4)cc1)(C3)C2.CCC12CC3CC(C1)CC(c1ccc(OC[C@@H]4CO4)cc1)(C3)C2. The van der Waals surface area contributed by atoms with Gasteiger partial charge in [-0.2, -0.15) is 0 Å². The van der Waals surface area contributed by atoms with Gasteiger partial charge in [-0.15, -0.1) is 0 Å². The maximum absolute atomic E-state index is 10.4. The lowest BCUT2D eigenvalue weighted by molar-refractivity contribution is -0.0740. The number of likely N-dealkylation sites (tertiary alicyclic amines) is 1. The molecule has 0 aromatic heterocycles. The van der Waals surface area contributed by atoms with Gasteiger partial charge in [-0.1, -0.05) is 64.8 Å². The Morgan fingerprint density at radius 2 is 1.12 bits per heavy atom. The van der Waals surface area contributed by atoms with Crippen molar-refractivity contribution in [2.75, 3.05) is 52.5 Å². The molecule has 6 atom stereocenters. The monoisotopic (exact) mass is 823 g/mol. The molecule has 3 saturated heterocycles. The molecule has 2 aromatic rings. The molecule has 13 rings (SSSR count). The highest BCUT2D eigenvalue weighted by molar-refractivity contribution is 5.37. The number of benzene rings is 2. The molecule has 0 spiro atoms. The summed E-state index contributed by atoms with van der Waals surface area (Å²) in [7, 11) is 0. The van der Waals surface area contributed by atoms with Crippen LogP contribution in [-0.2, 0) is 15.6 Å². The van der Waals surface area contributed by atoms with E-state index in [9.17, 15) is 5.11 Å². The first kappa shape index (κ1) is 43.1. The van der Waals surface area contributed by atoms with Crippen LogP contribution >= 0.6 is 0 Å². The van der Waals surface area contributed by atoms with E-state index in [-0.39, 0.29) is 0 Å². The second-order valence-corrected chi connectivity index (χ2v) is 22.9. The van der Waals surface area contributed by atoms with Crippen LogP contribution in [0.3, 0.4) is 0 Å². The smallest absolute Gasteiger partial charge is 0.119 e. The molecule has 4 unspecified atom stereocenters. The van der Waals surface area contributed by atoms with Crippen LogP contribution in [0.25, 0.3) is 0 Å². The predicted octanol–water partition coefficient (Wildman–Crippen LogP) is 11.1. The molecule has 3 heterocycles. The molecule has 11 aliphatic rings. The molecule has 0 radical (unpaired) electrons. The van der Waals surface area contributed by atoms with Crippen LogP contribution in [0.15, 0.2) is 48.5 Å². The van der Waals surface area contributed by atoms with Gasteiger partial charge < -0.3 is 29.5 Å². The van der Waals surface area contributed by atoms with Gasteiger partial charge in [0.05, 0.1) is 6.61 Å². The summed E-state index contributed by atoms with van der Waals surface area (Å²) in [5.74, 6) is 7.58. The molecule has 6 heteroatoms. The molecule has 60 heavy (non-hydrogen) atoms. The van der Waals surface area contributed by atoms with E-state index < -0.39 is 6.10 Å². The van der Waals surface area contributed by atoms with Crippen molar-refractivity contribution in [2.45, 2.75) is 166 Å². The summed E-state index contributed by atoms with van der Waals surface area (Å²) >= 11 is 0. The van der Waals surface area contributed by atoms with E-state index in [1.165, 1.54) is 129 Å². The Hall–Kier alpha value is -2.12. The van der Waals surface area contributed by atoms with Crippen molar-refractivity contribution in [1.29, 1.82) is 0 Å². The molecule has 8 aliphatic carbocycles. The molecule has 3 aliphatic heterocycles. The normalized spacial score (nSPS) is 38.4. The summed E-state index contributed by atoms with van der Waals surface area (Å²) in [5, 5.41) is 13.7. The molecule has 8 bridgehead atoms. The number of nitrogens with one attached hydrogen (secondary N) is 1. The number of β-amino-alcohol motifs (C(OH)–C–C–N with tert-alkyl or cyclic N) is 1. The molecule has 0 amide bonds. The van der Waals surface area contributed by atoms with Crippen molar-refractivity contribution in [2.24, 2.45) is 46.3 Å². The molecule has 11 fully saturated rings. The maximum atomic E-state index is 10.4. The highest BCUT2D eigenvalue weighted by Gasteiger charge is 2.58. The summed E-state index contributed by atoms with van der Waals surface area (Å²) in [4.78, 5) is 2.38. The molecule has 332 valence electrons. The summed E-state index contributed by atoms with van der Waals surface area (Å²) in [6, 6.07) is 18.1. The number of hydrogen-bond acceptors (Lipinski definition) is 6. The fraction of sp³-hybridized carbons (Fsp3) is 0.778. The molecular weight excluding hydrogens is 741 g/mol. The van der Waals surface area contributed by atoms with E-state index in [0.29, 0.717) is 41.0 Å². The van der Waals surface area contributed by atoms with Crippen LogP contribution < -0.4 is 14.8 Å². The third-order valence-electron chi connectivity index (χ3n) is 18.1. The lowest BCUT2D eigenvalue weighted by Crippen LogP contribution is -2.53. The minimum Gasteiger partial charge on any atom is -0.491 e. The Morgan fingerprint density at radius 1 is 0.667 bits per heavy atom. The molecule has 8 saturated carbocycles. The summed E-state index contributed by atoms with van der Waals surface area (Å²) in [6.07, 6.45) is 25.4. The first-order valence-corrected chi connectivity index (χ1v) is 25.3. The third-order valence-corrected chi connectivity index (χ3v) is 18.1. The Balaban J connectivity index is 0.000000136. The van der Waals surface area contributed by atoms with E-state index >= 15 is 0 Å². The number of epoxide rings is 1. The Labute approximate surface area is 364 Å². The van der Waals surface area contributed by atoms with Crippen LogP contribution in [0.4, 0.5) is 0 Å². The van der Waals surface area contributed by atoms with E-state index in [0.717, 1.165) is 73.2 Å². The van der Waals surface area contributed by atoms with Crippen LogP contribution in [-0.4, -0.2) is 74.8 Å². The lowest BCUT2D eigenvalue weighted by Gasteiger charge is -2.62. The van der Waals surface area contributed by atoms with Crippen LogP contribution in [0.5, 0.6) is 11.5 Å². The highest BCUT2D eigenvalue weighted by Crippen LogP contribution is 2.68. The summed E-state index contributed by atoms with van der Waals surface area (Å²) in [6.45, 7) is 16.9. The first-order valence-electron chi connectivity index (χ1n) is 25.3. The third kappa shape index (κ3) is 9.83. The predicted molar refractivity (Wildman–Crippen MR) is 244 cm³/mol. The van der Waals surface area contributed by atoms with Crippen LogP contribution in [0, 0.1) is 46.3 Å². The maximum Gasteiger partial charge on any atom is 0.119 e. The largest absolute Gasteiger partial charge is 0.491 e. The van der Waals surface area contributed by atoms with Crippen molar-refractivity contribution in [3.63, 3.8) is 0 Å². The number of nitrogens with zero attached hydrogens (tertiary/aromatic N) is 1. The number of ether oxygens (including phenoxy) is 3. The Bertz CT molecular complexity index is 1650. The highest BCUT2D eigenvalue weighted by atomic mass is 16.6. The molecule has 6 nitrogen and oxygen atoms in total. The lowest BCUT2D eigenvalue weighted by atomic mass is 9.42. The van der Waals surface area contributed by atoms with Gasteiger partial charge in [0.25, 0.3) is 0 Å². The van der Waals surface area contributed by atoms with Crippen LogP contribution in [0.2, 0.25) is 0 Å². The van der Waals surface area contributed by atoms with Gasteiger partial charge >= 0.3 is 0 Å². The second-order valence-electron chi connectivity index (χ2n) is 22.9. The van der Waals surface area contributed by atoms with Gasteiger partial charge in [0.2, 0.25) is 0 Å². The summed E-state index contributed by atoms with van der Waals surface area (Å²) < 4.78 is 17.0. The average molecular weight is 823 g/mol. The van der Waals surface area contributed by atoms with Crippen molar-refractivity contribution in [3.8, 4) is 11.5 Å². The Kier molecular flexibility index (Phi) is 13.1.